The van der Waals surface area contributed by atoms with E-state index < -0.39 is 0 Å². The van der Waals surface area contributed by atoms with E-state index in [1.807, 2.05) is 20.8 Å². The molecule has 0 bridgehead atoms. The van der Waals surface area contributed by atoms with Gasteiger partial charge in [0, 0.05) is 5.41 Å². The van der Waals surface area contributed by atoms with E-state index in [-0.39, 0.29) is 10.8 Å². The van der Waals surface area contributed by atoms with Crippen LogP contribution < -0.4 is 0 Å². The first kappa shape index (κ1) is 12.4. The first-order chi connectivity index (χ1) is 5.75. The smallest absolute Gasteiger partial charge is 0.125 e. The van der Waals surface area contributed by atoms with Crippen LogP contribution in [0.1, 0.15) is 48.0 Å². The number of aldehydes is 1. The zero-order valence-corrected chi connectivity index (χ0v) is 9.77. The van der Waals surface area contributed by atoms with Crippen LogP contribution in [0, 0.1) is 10.8 Å². The van der Waals surface area contributed by atoms with Gasteiger partial charge in [0.05, 0.1) is 0 Å². The van der Waals surface area contributed by atoms with Gasteiger partial charge in [0.15, 0.2) is 0 Å². The third-order valence-electron chi connectivity index (χ3n) is 2.72. The van der Waals surface area contributed by atoms with Crippen LogP contribution in [0.3, 0.4) is 0 Å². The average Bonchev–Trinajstić information content (AvgIpc) is 2.01. The van der Waals surface area contributed by atoms with Gasteiger partial charge in [0.2, 0.25) is 0 Å². The molecule has 0 aliphatic heterocycles. The summed E-state index contributed by atoms with van der Waals surface area (Å²) in [6.45, 7) is 12.5. The van der Waals surface area contributed by atoms with E-state index in [2.05, 4.69) is 26.8 Å². The molecular formula is C12H22O. The lowest BCUT2D eigenvalue weighted by Crippen LogP contribution is -2.25. The van der Waals surface area contributed by atoms with Gasteiger partial charge in [0.1, 0.15) is 6.29 Å². The number of carbonyl (C=O) groups is 1. The van der Waals surface area contributed by atoms with Crippen LogP contribution in [0.25, 0.3) is 0 Å². The first-order valence-electron chi connectivity index (χ1n) is 4.85. The van der Waals surface area contributed by atoms with Gasteiger partial charge in [-0.05, 0) is 25.7 Å². The summed E-state index contributed by atoms with van der Waals surface area (Å²) in [5, 5.41) is 0. The van der Waals surface area contributed by atoms with Crippen molar-refractivity contribution in [1.82, 2.24) is 0 Å². The Morgan fingerprint density at radius 2 is 1.69 bits per heavy atom. The highest BCUT2D eigenvalue weighted by Gasteiger charge is 2.29. The Labute approximate surface area is 82.2 Å². The second kappa shape index (κ2) is 4.08. The molecule has 1 heteroatoms. The summed E-state index contributed by atoms with van der Waals surface area (Å²) in [7, 11) is 0. The number of carbonyl (C=O) groups excluding carboxylic acids is 1. The van der Waals surface area contributed by atoms with E-state index in [1.165, 1.54) is 5.57 Å². The second-order valence-corrected chi connectivity index (χ2v) is 5.14. The van der Waals surface area contributed by atoms with Crippen molar-refractivity contribution in [2.45, 2.75) is 48.0 Å². The fraction of sp³-hybridized carbons (Fsp3) is 0.750. The summed E-state index contributed by atoms with van der Waals surface area (Å²) in [6, 6.07) is 0. The minimum Gasteiger partial charge on any atom is -0.303 e. The maximum atomic E-state index is 10.8. The van der Waals surface area contributed by atoms with Crippen LogP contribution in [0.2, 0.25) is 0 Å². The molecule has 1 nitrogen and oxygen atoms in total. The van der Waals surface area contributed by atoms with E-state index >= 15 is 0 Å². The van der Waals surface area contributed by atoms with Crippen molar-refractivity contribution in [3.8, 4) is 0 Å². The van der Waals surface area contributed by atoms with Crippen LogP contribution in [0.4, 0.5) is 0 Å². The van der Waals surface area contributed by atoms with Gasteiger partial charge in [-0.1, -0.05) is 39.3 Å². The quantitative estimate of drug-likeness (QED) is 0.479. The molecule has 0 aromatic rings. The standard InChI is InChI=1S/C12H22O/c1-7-10(2)12(5,6)8-11(3,4)9-13/h7,9H,8H2,1-6H3/b10-7+. The van der Waals surface area contributed by atoms with Crippen molar-refractivity contribution in [3.05, 3.63) is 11.6 Å². The van der Waals surface area contributed by atoms with Gasteiger partial charge in [-0.2, -0.15) is 0 Å². The van der Waals surface area contributed by atoms with Crippen LogP contribution in [-0.4, -0.2) is 6.29 Å². The van der Waals surface area contributed by atoms with Crippen LogP contribution in [-0.2, 0) is 4.79 Å². The molecule has 0 N–H and O–H groups in total. The first-order valence-corrected chi connectivity index (χ1v) is 4.85. The SMILES string of the molecule is C/C=C(\C)C(C)(C)CC(C)(C)C=O. The van der Waals surface area contributed by atoms with Crippen molar-refractivity contribution in [2.24, 2.45) is 10.8 Å². The molecular weight excluding hydrogens is 160 g/mol. The highest BCUT2D eigenvalue weighted by molar-refractivity contribution is 5.58. The number of hydrogen-bond acceptors (Lipinski definition) is 1. The third-order valence-corrected chi connectivity index (χ3v) is 2.72. The summed E-state index contributed by atoms with van der Waals surface area (Å²) >= 11 is 0. The highest BCUT2D eigenvalue weighted by Crippen LogP contribution is 2.37. The van der Waals surface area contributed by atoms with E-state index in [9.17, 15) is 4.79 Å². The maximum Gasteiger partial charge on any atom is 0.125 e. The number of allylic oxidation sites excluding steroid dienone is 2. The van der Waals surface area contributed by atoms with Gasteiger partial charge in [-0.15, -0.1) is 0 Å². The van der Waals surface area contributed by atoms with Crippen molar-refractivity contribution in [1.29, 1.82) is 0 Å². The predicted molar refractivity (Wildman–Crippen MR) is 57.7 cm³/mol. The zero-order valence-electron chi connectivity index (χ0n) is 9.77. The van der Waals surface area contributed by atoms with E-state index in [1.54, 1.807) is 0 Å². The molecule has 0 heterocycles. The lowest BCUT2D eigenvalue weighted by Gasteiger charge is -2.32. The van der Waals surface area contributed by atoms with Crippen LogP contribution in [0.15, 0.2) is 11.6 Å². The molecule has 0 fully saturated rings. The topological polar surface area (TPSA) is 17.1 Å². The normalized spacial score (nSPS) is 14.5. The molecule has 13 heavy (non-hydrogen) atoms. The third kappa shape index (κ3) is 3.75. The Balaban J connectivity index is 4.60. The molecule has 0 saturated carbocycles. The van der Waals surface area contributed by atoms with Crippen molar-refractivity contribution < 1.29 is 4.79 Å². The number of hydrogen-bond donors (Lipinski definition) is 0. The van der Waals surface area contributed by atoms with E-state index in [4.69, 9.17) is 0 Å². The zero-order chi connectivity index (χ0) is 10.7. The molecule has 0 aliphatic carbocycles. The summed E-state index contributed by atoms with van der Waals surface area (Å²) in [6.07, 6.45) is 4.08. The van der Waals surface area contributed by atoms with Crippen molar-refractivity contribution >= 4 is 6.29 Å². The predicted octanol–water partition coefficient (Wildman–Crippen LogP) is 3.59. The van der Waals surface area contributed by atoms with Crippen LogP contribution in [0.5, 0.6) is 0 Å². The number of rotatable bonds is 4. The molecule has 76 valence electrons. The van der Waals surface area contributed by atoms with Crippen LogP contribution >= 0.6 is 0 Å². The Bertz CT molecular complexity index is 209. The average molecular weight is 182 g/mol. The highest BCUT2D eigenvalue weighted by atomic mass is 16.1. The molecule has 0 radical (unpaired) electrons. The van der Waals surface area contributed by atoms with E-state index in [0.717, 1.165) is 12.7 Å². The molecule has 0 amide bonds. The molecule has 0 aromatic heterocycles. The Morgan fingerprint density at radius 1 is 1.23 bits per heavy atom. The van der Waals surface area contributed by atoms with E-state index in [0.29, 0.717) is 0 Å². The fourth-order valence-corrected chi connectivity index (χ4v) is 1.71. The molecule has 0 aromatic carbocycles. The summed E-state index contributed by atoms with van der Waals surface area (Å²) in [5.74, 6) is 0. The lowest BCUT2D eigenvalue weighted by atomic mass is 9.72. The molecule has 0 saturated heterocycles. The Hall–Kier alpha value is -0.590. The minimum absolute atomic E-state index is 0.124. The molecule has 0 atom stereocenters. The second-order valence-electron chi connectivity index (χ2n) is 5.14. The summed E-state index contributed by atoms with van der Waals surface area (Å²) in [4.78, 5) is 10.8. The lowest BCUT2D eigenvalue weighted by molar-refractivity contribution is -0.115. The van der Waals surface area contributed by atoms with Gasteiger partial charge >= 0.3 is 0 Å². The monoisotopic (exact) mass is 182 g/mol. The van der Waals surface area contributed by atoms with Gasteiger partial charge in [0.25, 0.3) is 0 Å². The molecule has 0 rings (SSSR count). The Kier molecular flexibility index (Phi) is 3.89. The minimum atomic E-state index is -0.215. The fourth-order valence-electron chi connectivity index (χ4n) is 1.71. The van der Waals surface area contributed by atoms with Crippen molar-refractivity contribution in [2.75, 3.05) is 0 Å². The largest absolute Gasteiger partial charge is 0.303 e. The van der Waals surface area contributed by atoms with Gasteiger partial charge in [-0.25, -0.2) is 0 Å². The summed E-state index contributed by atoms with van der Waals surface area (Å²) in [5.41, 5.74) is 1.26. The molecule has 0 spiro atoms. The van der Waals surface area contributed by atoms with Crippen molar-refractivity contribution in [3.63, 3.8) is 0 Å². The Morgan fingerprint density at radius 3 is 2.00 bits per heavy atom. The van der Waals surface area contributed by atoms with Gasteiger partial charge in [-0.3, -0.25) is 0 Å². The molecule has 0 unspecified atom stereocenters. The maximum absolute atomic E-state index is 10.8. The molecule has 0 aliphatic rings. The summed E-state index contributed by atoms with van der Waals surface area (Å²) < 4.78 is 0. The van der Waals surface area contributed by atoms with Gasteiger partial charge < -0.3 is 4.79 Å².